The predicted molar refractivity (Wildman–Crippen MR) is 116 cm³/mol. The van der Waals surface area contributed by atoms with Crippen LogP contribution in [0.1, 0.15) is 17.3 Å². The molecule has 32 heavy (non-hydrogen) atoms. The molecule has 2 aromatic heterocycles. The first-order valence-corrected chi connectivity index (χ1v) is 10.6. The zero-order valence-electron chi connectivity index (χ0n) is 16.7. The lowest BCUT2D eigenvalue weighted by molar-refractivity contribution is -0.128. The number of benzene rings is 2. The van der Waals surface area contributed by atoms with Gasteiger partial charge in [-0.1, -0.05) is 35.5 Å². The lowest BCUT2D eigenvalue weighted by Crippen LogP contribution is -2.42. The molecule has 0 radical (unpaired) electrons. The fraction of sp³-hybridized carbons (Fsp3) is 0.136. The van der Waals surface area contributed by atoms with Gasteiger partial charge in [0.1, 0.15) is 10.8 Å². The normalized spacial score (nSPS) is 10.7. The second kappa shape index (κ2) is 9.92. The van der Waals surface area contributed by atoms with Crippen LogP contribution in [0.5, 0.6) is 0 Å². The molecule has 0 atom stereocenters. The number of hydrogen-bond acceptors (Lipinski definition) is 7. The number of amides is 2. The molecule has 0 saturated heterocycles. The van der Waals surface area contributed by atoms with Crippen LogP contribution in [-0.4, -0.2) is 26.9 Å². The van der Waals surface area contributed by atoms with Crippen molar-refractivity contribution >= 4 is 23.2 Å². The fourth-order valence-corrected chi connectivity index (χ4v) is 3.61. The van der Waals surface area contributed by atoms with Crippen LogP contribution in [0, 0.1) is 5.82 Å². The van der Waals surface area contributed by atoms with E-state index in [1.165, 1.54) is 35.6 Å². The van der Waals surface area contributed by atoms with E-state index in [-0.39, 0.29) is 36.9 Å². The second-order valence-electron chi connectivity index (χ2n) is 6.78. The summed E-state index contributed by atoms with van der Waals surface area (Å²) in [7, 11) is 0. The highest BCUT2D eigenvalue weighted by Crippen LogP contribution is 2.21. The lowest BCUT2D eigenvalue weighted by Gasteiger charge is -2.05. The van der Waals surface area contributed by atoms with E-state index in [1.807, 2.05) is 35.7 Å². The van der Waals surface area contributed by atoms with Crippen LogP contribution < -0.4 is 10.9 Å². The maximum Gasteiger partial charge on any atom is 0.245 e. The Balaban J connectivity index is 1.21. The number of carbonyl (C=O) groups excluding carboxylic acids is 2. The number of hydrazine groups is 1. The van der Waals surface area contributed by atoms with Crippen molar-refractivity contribution in [3.8, 4) is 22.6 Å². The average Bonchev–Trinajstić information content (AvgIpc) is 3.47. The van der Waals surface area contributed by atoms with Gasteiger partial charge in [0.15, 0.2) is 0 Å². The first-order chi connectivity index (χ1) is 15.6. The third-order valence-electron chi connectivity index (χ3n) is 4.41. The third-order valence-corrected chi connectivity index (χ3v) is 5.26. The molecule has 0 saturated carbocycles. The third kappa shape index (κ3) is 5.61. The average molecular weight is 451 g/mol. The van der Waals surface area contributed by atoms with Gasteiger partial charge in [0.05, 0.1) is 12.1 Å². The van der Waals surface area contributed by atoms with E-state index < -0.39 is 5.91 Å². The highest BCUT2D eigenvalue weighted by molar-refractivity contribution is 7.10. The van der Waals surface area contributed by atoms with Gasteiger partial charge < -0.3 is 4.52 Å². The summed E-state index contributed by atoms with van der Waals surface area (Å²) >= 11 is 1.38. The highest BCUT2D eigenvalue weighted by Gasteiger charge is 2.13. The van der Waals surface area contributed by atoms with Gasteiger partial charge in [-0.3, -0.25) is 20.4 Å². The minimum Gasteiger partial charge on any atom is -0.339 e. The highest BCUT2D eigenvalue weighted by atomic mass is 32.1. The molecule has 8 nitrogen and oxygen atoms in total. The van der Waals surface area contributed by atoms with Gasteiger partial charge in [-0.25, -0.2) is 9.37 Å². The number of aryl methyl sites for hydroxylation is 1. The fourth-order valence-electron chi connectivity index (χ4n) is 2.81. The molecular weight excluding hydrogens is 433 g/mol. The van der Waals surface area contributed by atoms with Crippen LogP contribution in [0.2, 0.25) is 0 Å². The Labute approximate surface area is 186 Å². The van der Waals surface area contributed by atoms with E-state index in [4.69, 9.17) is 4.52 Å². The van der Waals surface area contributed by atoms with E-state index >= 15 is 0 Å². The number of nitrogens with one attached hydrogen (secondary N) is 2. The molecule has 0 bridgehead atoms. The maximum atomic E-state index is 13.0. The second-order valence-corrected chi connectivity index (χ2v) is 7.73. The van der Waals surface area contributed by atoms with Gasteiger partial charge in [0, 0.05) is 29.3 Å². The molecule has 2 heterocycles. The molecule has 2 N–H and O–H groups in total. The number of carbonyl (C=O) groups is 2. The molecule has 0 fully saturated rings. The van der Waals surface area contributed by atoms with E-state index in [0.717, 1.165) is 11.3 Å². The van der Waals surface area contributed by atoms with Gasteiger partial charge >= 0.3 is 0 Å². The Hall–Kier alpha value is -3.92. The quantitative estimate of drug-likeness (QED) is 0.417. The summed E-state index contributed by atoms with van der Waals surface area (Å²) < 4.78 is 18.1. The molecule has 4 aromatic rings. The van der Waals surface area contributed by atoms with E-state index in [1.54, 1.807) is 0 Å². The molecule has 0 aliphatic carbocycles. The maximum absolute atomic E-state index is 13.0. The minimum atomic E-state index is -0.399. The predicted octanol–water partition coefficient (Wildman–Crippen LogP) is 3.32. The molecule has 2 amide bonds. The van der Waals surface area contributed by atoms with Crippen molar-refractivity contribution in [3.05, 3.63) is 76.7 Å². The lowest BCUT2D eigenvalue weighted by atomic mass is 10.2. The molecule has 2 aromatic carbocycles. The van der Waals surface area contributed by atoms with Crippen molar-refractivity contribution in [2.24, 2.45) is 0 Å². The summed E-state index contributed by atoms with van der Waals surface area (Å²) in [4.78, 5) is 32.7. The van der Waals surface area contributed by atoms with E-state index in [0.29, 0.717) is 16.4 Å². The van der Waals surface area contributed by atoms with Crippen LogP contribution in [0.4, 0.5) is 4.39 Å². The summed E-state index contributed by atoms with van der Waals surface area (Å²) in [5.41, 5.74) is 7.14. The summed E-state index contributed by atoms with van der Waals surface area (Å²) in [6.07, 6.45) is 0.298. The van der Waals surface area contributed by atoms with Gasteiger partial charge in [0.2, 0.25) is 23.5 Å². The van der Waals surface area contributed by atoms with E-state index in [9.17, 15) is 14.0 Å². The molecule has 0 spiro atoms. The first kappa shape index (κ1) is 21.3. The molecule has 10 heteroatoms. The summed E-state index contributed by atoms with van der Waals surface area (Å²) in [5, 5.41) is 6.36. The number of nitrogens with zero attached hydrogens (tertiary/aromatic N) is 3. The van der Waals surface area contributed by atoms with E-state index in [2.05, 4.69) is 26.0 Å². The van der Waals surface area contributed by atoms with Crippen LogP contribution in [0.25, 0.3) is 22.6 Å². The zero-order valence-corrected chi connectivity index (χ0v) is 17.6. The number of hydrogen-bond donors (Lipinski definition) is 2. The number of aromatic nitrogens is 3. The minimum absolute atomic E-state index is 0.0424. The van der Waals surface area contributed by atoms with Crippen molar-refractivity contribution < 1.29 is 18.5 Å². The SMILES string of the molecule is O=C(CCc1nc(-c2ccc(F)cc2)no1)NNC(=O)Cc1nc(-c2ccccc2)cs1. The topological polar surface area (TPSA) is 110 Å². The van der Waals surface area contributed by atoms with Crippen molar-refractivity contribution in [1.82, 2.24) is 26.0 Å². The Bertz CT molecular complexity index is 1210. The van der Waals surface area contributed by atoms with Crippen molar-refractivity contribution in [2.75, 3.05) is 0 Å². The number of rotatable bonds is 7. The molecule has 0 aliphatic rings. The molecule has 0 unspecified atom stereocenters. The zero-order chi connectivity index (χ0) is 22.3. The standard InChI is InChI=1S/C22H18FN5O3S/c23-16-8-6-15(7-9-16)22-25-20(31-28-22)11-10-18(29)26-27-19(30)12-21-24-17(13-32-21)14-4-2-1-3-5-14/h1-9,13H,10-12H2,(H,26,29)(H,27,30). The molecule has 4 rings (SSSR count). The van der Waals surface area contributed by atoms with Crippen LogP contribution in [0.15, 0.2) is 64.5 Å². The summed E-state index contributed by atoms with van der Waals surface area (Å²) in [6.45, 7) is 0. The summed E-state index contributed by atoms with van der Waals surface area (Å²) in [5.74, 6) is -0.551. The number of thiazole rings is 1. The molecule has 0 aliphatic heterocycles. The monoisotopic (exact) mass is 451 g/mol. The Morgan fingerprint density at radius 3 is 2.47 bits per heavy atom. The van der Waals surface area contributed by atoms with Crippen molar-refractivity contribution in [1.29, 1.82) is 0 Å². The Morgan fingerprint density at radius 1 is 0.938 bits per heavy atom. The smallest absolute Gasteiger partial charge is 0.245 e. The summed E-state index contributed by atoms with van der Waals surface area (Å²) in [6, 6.07) is 15.4. The largest absolute Gasteiger partial charge is 0.339 e. The van der Waals surface area contributed by atoms with Gasteiger partial charge in [0.25, 0.3) is 0 Å². The Morgan fingerprint density at radius 2 is 1.69 bits per heavy atom. The Kier molecular flexibility index (Phi) is 6.61. The molecule has 162 valence electrons. The van der Waals surface area contributed by atoms with Gasteiger partial charge in [-0.15, -0.1) is 11.3 Å². The van der Waals surface area contributed by atoms with Gasteiger partial charge in [-0.05, 0) is 24.3 Å². The first-order valence-electron chi connectivity index (χ1n) is 9.73. The van der Waals surface area contributed by atoms with Gasteiger partial charge in [-0.2, -0.15) is 4.98 Å². The van der Waals surface area contributed by atoms with Crippen molar-refractivity contribution in [3.63, 3.8) is 0 Å². The van der Waals surface area contributed by atoms with Crippen LogP contribution in [0.3, 0.4) is 0 Å². The van der Waals surface area contributed by atoms with Crippen molar-refractivity contribution in [2.45, 2.75) is 19.3 Å². The van der Waals surface area contributed by atoms with Crippen LogP contribution >= 0.6 is 11.3 Å². The van der Waals surface area contributed by atoms with Crippen LogP contribution in [-0.2, 0) is 22.4 Å². The molecular formula is C22H18FN5O3S. The number of halogens is 1.